The number of halogens is 1. The SMILES string of the molecule is COc1c(N)cc(S(=O)(=O)NC2CCN(C)C2=O)cc1F. The van der Waals surface area contributed by atoms with Gasteiger partial charge in [-0.05, 0) is 18.6 Å². The van der Waals surface area contributed by atoms with Crippen LogP contribution in [0.3, 0.4) is 0 Å². The van der Waals surface area contributed by atoms with Crippen molar-refractivity contribution in [1.82, 2.24) is 9.62 Å². The molecular weight excluding hydrogens is 301 g/mol. The third-order valence-corrected chi connectivity index (χ3v) is 4.74. The van der Waals surface area contributed by atoms with Crippen LogP contribution < -0.4 is 15.2 Å². The maximum Gasteiger partial charge on any atom is 0.241 e. The average molecular weight is 317 g/mol. The lowest BCUT2D eigenvalue weighted by Crippen LogP contribution is -2.40. The van der Waals surface area contributed by atoms with Gasteiger partial charge in [0.15, 0.2) is 11.6 Å². The molecule has 2 rings (SSSR count). The molecule has 7 nitrogen and oxygen atoms in total. The van der Waals surface area contributed by atoms with Gasteiger partial charge in [-0.1, -0.05) is 0 Å². The van der Waals surface area contributed by atoms with E-state index in [0.29, 0.717) is 13.0 Å². The number of likely N-dealkylation sites (tertiary alicyclic amines) is 1. The lowest BCUT2D eigenvalue weighted by molar-refractivity contribution is -0.127. The number of amides is 1. The van der Waals surface area contributed by atoms with Crippen LogP contribution in [0, 0.1) is 5.82 Å². The topological polar surface area (TPSA) is 102 Å². The minimum Gasteiger partial charge on any atom is -0.492 e. The Morgan fingerprint density at radius 1 is 1.48 bits per heavy atom. The summed E-state index contributed by atoms with van der Waals surface area (Å²) < 4.78 is 45.1. The molecule has 0 aliphatic carbocycles. The van der Waals surface area contributed by atoms with Crippen molar-refractivity contribution in [2.75, 3.05) is 26.4 Å². The lowest BCUT2D eigenvalue weighted by Gasteiger charge is -2.14. The van der Waals surface area contributed by atoms with Crippen molar-refractivity contribution in [2.45, 2.75) is 17.4 Å². The molecule has 1 amide bonds. The van der Waals surface area contributed by atoms with E-state index in [1.165, 1.54) is 12.0 Å². The highest BCUT2D eigenvalue weighted by atomic mass is 32.2. The van der Waals surface area contributed by atoms with Gasteiger partial charge in [0.2, 0.25) is 15.9 Å². The Labute approximate surface area is 121 Å². The number of nitrogens with two attached hydrogens (primary N) is 1. The highest BCUT2D eigenvalue weighted by Crippen LogP contribution is 2.28. The molecule has 1 aliphatic rings. The van der Waals surface area contributed by atoms with Crippen LogP contribution in [-0.2, 0) is 14.8 Å². The van der Waals surface area contributed by atoms with E-state index in [4.69, 9.17) is 10.5 Å². The largest absolute Gasteiger partial charge is 0.492 e. The Morgan fingerprint density at radius 2 is 2.14 bits per heavy atom. The summed E-state index contributed by atoms with van der Waals surface area (Å²) in [5, 5.41) is 0. The Morgan fingerprint density at radius 3 is 2.62 bits per heavy atom. The number of hydrogen-bond donors (Lipinski definition) is 2. The maximum absolute atomic E-state index is 13.7. The fraction of sp³-hybridized carbons (Fsp3) is 0.417. The maximum atomic E-state index is 13.7. The number of hydrogen-bond acceptors (Lipinski definition) is 5. The third-order valence-electron chi connectivity index (χ3n) is 3.29. The molecule has 1 heterocycles. The summed E-state index contributed by atoms with van der Waals surface area (Å²) in [7, 11) is -1.23. The molecule has 1 aromatic rings. The molecule has 0 radical (unpaired) electrons. The minimum atomic E-state index is -4.04. The molecule has 1 aromatic carbocycles. The van der Waals surface area contributed by atoms with E-state index in [9.17, 15) is 17.6 Å². The number of carbonyl (C=O) groups is 1. The summed E-state index contributed by atoms with van der Waals surface area (Å²) in [6.07, 6.45) is 0.364. The van der Waals surface area contributed by atoms with Crippen molar-refractivity contribution in [3.05, 3.63) is 17.9 Å². The molecule has 1 aliphatic heterocycles. The minimum absolute atomic E-state index is 0.132. The molecule has 1 unspecified atom stereocenters. The molecule has 9 heteroatoms. The molecule has 0 saturated carbocycles. The van der Waals surface area contributed by atoms with Gasteiger partial charge in [-0.15, -0.1) is 0 Å². The van der Waals surface area contributed by atoms with Crippen molar-refractivity contribution in [3.8, 4) is 5.75 Å². The van der Waals surface area contributed by atoms with Gasteiger partial charge < -0.3 is 15.4 Å². The van der Waals surface area contributed by atoms with Gasteiger partial charge in [0, 0.05) is 13.6 Å². The third kappa shape index (κ3) is 2.93. The van der Waals surface area contributed by atoms with Crippen LogP contribution in [0.4, 0.5) is 10.1 Å². The molecule has 1 atom stereocenters. The summed E-state index contributed by atoms with van der Waals surface area (Å²) in [5.74, 6) is -1.42. The second-order valence-electron chi connectivity index (χ2n) is 4.75. The number of anilines is 1. The van der Waals surface area contributed by atoms with Crippen LogP contribution in [0.15, 0.2) is 17.0 Å². The highest BCUT2D eigenvalue weighted by Gasteiger charge is 2.33. The monoisotopic (exact) mass is 317 g/mol. The number of ether oxygens (including phenoxy) is 1. The lowest BCUT2D eigenvalue weighted by atomic mass is 10.3. The zero-order chi connectivity index (χ0) is 15.8. The molecule has 3 N–H and O–H groups in total. The van der Waals surface area contributed by atoms with Crippen molar-refractivity contribution >= 4 is 21.6 Å². The van der Waals surface area contributed by atoms with E-state index in [1.807, 2.05) is 0 Å². The first-order chi connectivity index (χ1) is 9.76. The number of rotatable bonds is 4. The summed E-state index contributed by atoms with van der Waals surface area (Å²) in [6, 6.07) is 1.06. The number of nitrogen functional groups attached to an aromatic ring is 1. The fourth-order valence-corrected chi connectivity index (χ4v) is 3.42. The first-order valence-corrected chi connectivity index (χ1v) is 7.65. The smallest absolute Gasteiger partial charge is 0.241 e. The molecule has 116 valence electrons. The molecule has 21 heavy (non-hydrogen) atoms. The van der Waals surface area contributed by atoms with Crippen LogP contribution in [0.2, 0.25) is 0 Å². The Hall–Kier alpha value is -1.87. The Kier molecular flexibility index (Phi) is 4.06. The van der Waals surface area contributed by atoms with Gasteiger partial charge in [-0.25, -0.2) is 12.8 Å². The zero-order valence-electron chi connectivity index (χ0n) is 11.6. The van der Waals surface area contributed by atoms with Crippen LogP contribution in [-0.4, -0.2) is 46.0 Å². The number of nitrogens with one attached hydrogen (secondary N) is 1. The number of methoxy groups -OCH3 is 1. The summed E-state index contributed by atoms with van der Waals surface area (Å²) in [4.78, 5) is 12.8. The van der Waals surface area contributed by atoms with E-state index in [0.717, 1.165) is 12.1 Å². The normalized spacial score (nSPS) is 19.1. The molecule has 1 fully saturated rings. The van der Waals surface area contributed by atoms with Crippen LogP contribution in [0.25, 0.3) is 0 Å². The fourth-order valence-electron chi connectivity index (χ4n) is 2.15. The molecule has 0 bridgehead atoms. The van der Waals surface area contributed by atoms with Gasteiger partial charge in [-0.2, -0.15) is 4.72 Å². The number of nitrogens with zero attached hydrogens (tertiary/aromatic N) is 1. The molecule has 0 spiro atoms. The van der Waals surface area contributed by atoms with Gasteiger partial charge in [0.1, 0.15) is 6.04 Å². The summed E-state index contributed by atoms with van der Waals surface area (Å²) in [6.45, 7) is 0.463. The predicted octanol–water partition coefficient (Wildman–Crippen LogP) is -0.0745. The van der Waals surface area contributed by atoms with Gasteiger partial charge in [0.25, 0.3) is 0 Å². The summed E-state index contributed by atoms with van der Waals surface area (Å²) >= 11 is 0. The number of sulfonamides is 1. The Bertz CT molecular complexity index is 654. The number of likely N-dealkylation sites (N-methyl/N-ethyl adjacent to an activating group) is 1. The van der Waals surface area contributed by atoms with E-state index < -0.39 is 21.9 Å². The van der Waals surface area contributed by atoms with Crippen LogP contribution in [0.5, 0.6) is 5.75 Å². The Balaban J connectivity index is 2.30. The number of carbonyl (C=O) groups excluding carboxylic acids is 1. The van der Waals surface area contributed by atoms with E-state index in [-0.39, 0.29) is 22.2 Å². The summed E-state index contributed by atoms with van der Waals surface area (Å²) in [5.41, 5.74) is 5.42. The van der Waals surface area contributed by atoms with Gasteiger partial charge in [0.05, 0.1) is 17.7 Å². The van der Waals surface area contributed by atoms with Crippen LogP contribution >= 0.6 is 0 Å². The van der Waals surface area contributed by atoms with Crippen molar-refractivity contribution < 1.29 is 22.3 Å². The quantitative estimate of drug-likeness (QED) is 0.757. The van der Waals surface area contributed by atoms with E-state index in [1.54, 1.807) is 7.05 Å². The second-order valence-corrected chi connectivity index (χ2v) is 6.46. The van der Waals surface area contributed by atoms with Crippen molar-refractivity contribution in [1.29, 1.82) is 0 Å². The standard InChI is InChI=1S/C12H16FN3O4S/c1-16-4-3-10(12(16)17)15-21(18,19)7-5-8(13)11(20-2)9(14)6-7/h5-6,10,15H,3-4,14H2,1-2H3. The van der Waals surface area contributed by atoms with Crippen LogP contribution in [0.1, 0.15) is 6.42 Å². The van der Waals surface area contributed by atoms with E-state index in [2.05, 4.69) is 4.72 Å². The number of benzene rings is 1. The van der Waals surface area contributed by atoms with Gasteiger partial charge >= 0.3 is 0 Å². The molecule has 0 aromatic heterocycles. The average Bonchev–Trinajstić information content (AvgIpc) is 2.70. The molecule has 1 saturated heterocycles. The highest BCUT2D eigenvalue weighted by molar-refractivity contribution is 7.89. The van der Waals surface area contributed by atoms with Gasteiger partial charge in [-0.3, -0.25) is 4.79 Å². The first kappa shape index (κ1) is 15.5. The second kappa shape index (κ2) is 5.49. The molecular formula is C12H16FN3O4S. The predicted molar refractivity (Wildman–Crippen MR) is 73.7 cm³/mol. The van der Waals surface area contributed by atoms with E-state index >= 15 is 0 Å². The first-order valence-electron chi connectivity index (χ1n) is 6.16. The zero-order valence-corrected chi connectivity index (χ0v) is 12.4. The van der Waals surface area contributed by atoms with Crippen molar-refractivity contribution in [3.63, 3.8) is 0 Å². The van der Waals surface area contributed by atoms with Crippen molar-refractivity contribution in [2.24, 2.45) is 0 Å².